The Morgan fingerprint density at radius 3 is 2.57 bits per heavy atom. The Hall–Kier alpha value is -1.66. The van der Waals surface area contributed by atoms with Gasteiger partial charge in [0.05, 0.1) is 6.10 Å². The molecule has 0 unspecified atom stereocenters. The maximum atomic E-state index is 12.9. The quantitative estimate of drug-likeness (QED) is 0.892. The van der Waals surface area contributed by atoms with Gasteiger partial charge in [0.2, 0.25) is 0 Å². The lowest BCUT2D eigenvalue weighted by Crippen LogP contribution is -2.56. The molecule has 3 atom stereocenters. The van der Waals surface area contributed by atoms with E-state index in [0.717, 1.165) is 6.54 Å². The maximum absolute atomic E-state index is 12.9. The third-order valence-corrected chi connectivity index (χ3v) is 4.05. The van der Waals surface area contributed by atoms with Crippen molar-refractivity contribution < 1.29 is 19.0 Å². The van der Waals surface area contributed by atoms with Gasteiger partial charge in [-0.1, -0.05) is 0 Å². The Balaban J connectivity index is 1.89. The number of rotatable bonds is 5. The molecular formula is C17H25FN2O3. The van der Waals surface area contributed by atoms with Gasteiger partial charge in [-0.25, -0.2) is 4.39 Å². The first kappa shape index (κ1) is 17.7. The van der Waals surface area contributed by atoms with Gasteiger partial charge >= 0.3 is 0 Å². The lowest BCUT2D eigenvalue weighted by molar-refractivity contribution is -0.141. The first-order chi connectivity index (χ1) is 10.9. The number of piperazine rings is 1. The van der Waals surface area contributed by atoms with Gasteiger partial charge < -0.3 is 14.7 Å². The van der Waals surface area contributed by atoms with E-state index in [4.69, 9.17) is 4.74 Å². The number of ether oxygens (including phenoxy) is 1. The number of benzene rings is 1. The van der Waals surface area contributed by atoms with Crippen LogP contribution in [0.15, 0.2) is 24.3 Å². The summed E-state index contributed by atoms with van der Waals surface area (Å²) in [7, 11) is 0. The monoisotopic (exact) mass is 324 g/mol. The van der Waals surface area contributed by atoms with Crippen LogP contribution >= 0.6 is 0 Å². The van der Waals surface area contributed by atoms with Crippen molar-refractivity contribution in [2.75, 3.05) is 26.2 Å². The van der Waals surface area contributed by atoms with E-state index in [1.165, 1.54) is 24.3 Å². The van der Waals surface area contributed by atoms with Crippen LogP contribution in [0.25, 0.3) is 0 Å². The molecule has 1 aromatic carbocycles. The molecule has 2 rings (SSSR count). The van der Waals surface area contributed by atoms with E-state index in [9.17, 15) is 14.3 Å². The summed E-state index contributed by atoms with van der Waals surface area (Å²) in [4.78, 5) is 16.5. The number of amides is 1. The summed E-state index contributed by atoms with van der Waals surface area (Å²) in [6.45, 7) is 8.11. The molecule has 1 amide bonds. The van der Waals surface area contributed by atoms with E-state index in [-0.39, 0.29) is 23.9 Å². The topological polar surface area (TPSA) is 53.0 Å². The van der Waals surface area contributed by atoms with Crippen molar-refractivity contribution in [1.29, 1.82) is 0 Å². The van der Waals surface area contributed by atoms with Crippen molar-refractivity contribution in [2.24, 2.45) is 0 Å². The predicted octanol–water partition coefficient (Wildman–Crippen LogP) is 1.51. The van der Waals surface area contributed by atoms with Crippen molar-refractivity contribution >= 4 is 5.91 Å². The number of carbonyl (C=O) groups excluding carboxylic acids is 1. The Morgan fingerprint density at radius 2 is 2.00 bits per heavy atom. The van der Waals surface area contributed by atoms with Gasteiger partial charge in [0, 0.05) is 32.2 Å². The number of halogens is 1. The van der Waals surface area contributed by atoms with Crippen LogP contribution in [0.4, 0.5) is 4.39 Å². The lowest BCUT2D eigenvalue weighted by atomic mass is 10.1. The average molecular weight is 324 g/mol. The zero-order chi connectivity index (χ0) is 17.0. The predicted molar refractivity (Wildman–Crippen MR) is 85.8 cm³/mol. The van der Waals surface area contributed by atoms with Crippen molar-refractivity contribution in [3.05, 3.63) is 30.1 Å². The molecule has 1 saturated heterocycles. The van der Waals surface area contributed by atoms with Gasteiger partial charge in [-0.3, -0.25) is 9.69 Å². The van der Waals surface area contributed by atoms with Crippen LogP contribution in [0.3, 0.4) is 0 Å². The van der Waals surface area contributed by atoms with Gasteiger partial charge in [-0.15, -0.1) is 0 Å². The molecule has 6 heteroatoms. The highest BCUT2D eigenvalue weighted by molar-refractivity contribution is 5.81. The fourth-order valence-corrected chi connectivity index (χ4v) is 2.83. The fourth-order valence-electron chi connectivity index (χ4n) is 2.83. The van der Waals surface area contributed by atoms with E-state index in [0.29, 0.717) is 25.4 Å². The van der Waals surface area contributed by atoms with Crippen molar-refractivity contribution in [2.45, 2.75) is 39.0 Å². The van der Waals surface area contributed by atoms with E-state index < -0.39 is 6.10 Å². The Morgan fingerprint density at radius 1 is 1.35 bits per heavy atom. The smallest absolute Gasteiger partial charge is 0.263 e. The largest absolute Gasteiger partial charge is 0.481 e. The molecule has 1 aromatic rings. The number of aliphatic hydroxyl groups excluding tert-OH is 1. The second kappa shape index (κ2) is 7.75. The zero-order valence-electron chi connectivity index (χ0n) is 13.9. The number of hydrogen-bond donors (Lipinski definition) is 1. The van der Waals surface area contributed by atoms with Gasteiger partial charge in [-0.2, -0.15) is 0 Å². The molecule has 1 fully saturated rings. The molecule has 23 heavy (non-hydrogen) atoms. The molecule has 5 nitrogen and oxygen atoms in total. The van der Waals surface area contributed by atoms with E-state index >= 15 is 0 Å². The molecule has 128 valence electrons. The second-order valence-electron chi connectivity index (χ2n) is 6.19. The normalized spacial score (nSPS) is 21.8. The van der Waals surface area contributed by atoms with E-state index in [1.54, 1.807) is 18.7 Å². The van der Waals surface area contributed by atoms with Crippen LogP contribution in [-0.2, 0) is 4.79 Å². The van der Waals surface area contributed by atoms with Crippen LogP contribution < -0.4 is 4.74 Å². The third-order valence-electron chi connectivity index (χ3n) is 4.05. The lowest BCUT2D eigenvalue weighted by Gasteiger charge is -2.41. The summed E-state index contributed by atoms with van der Waals surface area (Å²) in [5.41, 5.74) is 0. The highest BCUT2D eigenvalue weighted by Gasteiger charge is 2.30. The minimum Gasteiger partial charge on any atom is -0.481 e. The highest BCUT2D eigenvalue weighted by Crippen LogP contribution is 2.16. The summed E-state index contributed by atoms with van der Waals surface area (Å²) in [6, 6.07) is 5.85. The fraction of sp³-hybridized carbons (Fsp3) is 0.588. The van der Waals surface area contributed by atoms with Crippen LogP contribution in [0.5, 0.6) is 5.75 Å². The molecule has 1 aliphatic heterocycles. The van der Waals surface area contributed by atoms with Crippen molar-refractivity contribution in [3.8, 4) is 5.75 Å². The Labute approximate surface area is 136 Å². The van der Waals surface area contributed by atoms with Gasteiger partial charge in [0.15, 0.2) is 6.10 Å². The van der Waals surface area contributed by atoms with Crippen LogP contribution in [0, 0.1) is 5.82 Å². The summed E-state index contributed by atoms with van der Waals surface area (Å²) >= 11 is 0. The first-order valence-electron chi connectivity index (χ1n) is 8.00. The summed E-state index contributed by atoms with van der Waals surface area (Å²) < 4.78 is 18.5. The molecule has 0 bridgehead atoms. The van der Waals surface area contributed by atoms with Crippen LogP contribution in [0.1, 0.15) is 20.8 Å². The van der Waals surface area contributed by atoms with Crippen LogP contribution in [-0.4, -0.2) is 65.2 Å². The minimum atomic E-state index is -0.615. The summed E-state index contributed by atoms with van der Waals surface area (Å²) in [6.07, 6.45) is -0.989. The molecule has 0 aromatic heterocycles. The van der Waals surface area contributed by atoms with E-state index in [2.05, 4.69) is 4.90 Å². The van der Waals surface area contributed by atoms with E-state index in [1.807, 2.05) is 6.92 Å². The molecule has 1 N–H and O–H groups in total. The number of aliphatic hydroxyl groups is 1. The molecule has 1 aliphatic rings. The van der Waals surface area contributed by atoms with Gasteiger partial charge in [0.25, 0.3) is 5.91 Å². The first-order valence-corrected chi connectivity index (χ1v) is 8.00. The molecule has 0 aliphatic carbocycles. The maximum Gasteiger partial charge on any atom is 0.263 e. The van der Waals surface area contributed by atoms with Crippen molar-refractivity contribution in [3.63, 3.8) is 0 Å². The summed E-state index contributed by atoms with van der Waals surface area (Å²) in [5, 5.41) is 9.50. The molecular weight excluding hydrogens is 299 g/mol. The number of β-amino-alcohol motifs (C(OH)–C–C–N with tert-alkyl or cyclic N) is 1. The minimum absolute atomic E-state index is 0.0714. The van der Waals surface area contributed by atoms with Crippen LogP contribution in [0.2, 0.25) is 0 Å². The highest BCUT2D eigenvalue weighted by atomic mass is 19.1. The number of carbonyl (C=O) groups is 1. The molecule has 0 spiro atoms. The standard InChI is InChI=1S/C17H25FN2O3/c1-12-10-20(9-8-19(12)11-13(2)21)17(22)14(3)23-16-6-4-15(18)5-7-16/h4-7,12-14,21H,8-11H2,1-3H3/t12-,13-,14-/m0/s1. The second-order valence-corrected chi connectivity index (χ2v) is 6.19. The molecule has 0 saturated carbocycles. The summed E-state index contributed by atoms with van der Waals surface area (Å²) in [5.74, 6) is 0.0744. The number of nitrogens with zero attached hydrogens (tertiary/aromatic N) is 2. The Kier molecular flexibility index (Phi) is 5.96. The third kappa shape index (κ3) is 4.91. The Bertz CT molecular complexity index is 521. The molecule has 1 heterocycles. The number of hydrogen-bond acceptors (Lipinski definition) is 4. The average Bonchev–Trinajstić information content (AvgIpc) is 2.50. The van der Waals surface area contributed by atoms with Crippen molar-refractivity contribution in [1.82, 2.24) is 9.80 Å². The zero-order valence-corrected chi connectivity index (χ0v) is 13.9. The van der Waals surface area contributed by atoms with Gasteiger partial charge in [-0.05, 0) is 45.0 Å². The van der Waals surface area contributed by atoms with Gasteiger partial charge in [0.1, 0.15) is 11.6 Å². The SMILES string of the molecule is C[C@H](O)CN1CCN(C(=O)[C@H](C)Oc2ccc(F)cc2)C[C@@H]1C. The molecule has 0 radical (unpaired) electrons.